The van der Waals surface area contributed by atoms with Crippen molar-refractivity contribution >= 4 is 16.8 Å². The monoisotopic (exact) mass is 243 g/mol. The van der Waals surface area contributed by atoms with Crippen molar-refractivity contribution in [1.29, 1.82) is 0 Å². The molecule has 1 aliphatic carbocycles. The third kappa shape index (κ3) is 1.86. The summed E-state index contributed by atoms with van der Waals surface area (Å²) in [5.41, 5.74) is 3.03. The van der Waals surface area contributed by atoms with E-state index in [-0.39, 0.29) is 0 Å². The summed E-state index contributed by atoms with van der Waals surface area (Å²) in [6, 6.07) is 6.75. The lowest BCUT2D eigenvalue weighted by atomic mass is 10.2. The molecule has 0 spiro atoms. The van der Waals surface area contributed by atoms with Gasteiger partial charge in [-0.2, -0.15) is 0 Å². The molecule has 1 aromatic carbocycles. The fourth-order valence-electron chi connectivity index (χ4n) is 2.55. The average molecular weight is 243 g/mol. The zero-order valence-electron chi connectivity index (χ0n) is 10.3. The SMILES string of the molecule is c1cc2oc(C3CC3)nc2cc1NC1CCNC1. The molecule has 1 unspecified atom stereocenters. The topological polar surface area (TPSA) is 50.1 Å². The van der Waals surface area contributed by atoms with E-state index in [1.807, 2.05) is 6.07 Å². The zero-order chi connectivity index (χ0) is 11.9. The van der Waals surface area contributed by atoms with Crippen LogP contribution >= 0.6 is 0 Å². The molecular formula is C14H17N3O. The smallest absolute Gasteiger partial charge is 0.198 e. The lowest BCUT2D eigenvalue weighted by Gasteiger charge is -2.12. The number of nitrogens with one attached hydrogen (secondary N) is 2. The Labute approximate surface area is 106 Å². The quantitative estimate of drug-likeness (QED) is 0.869. The molecule has 1 saturated carbocycles. The van der Waals surface area contributed by atoms with Gasteiger partial charge < -0.3 is 15.1 Å². The molecule has 18 heavy (non-hydrogen) atoms. The molecule has 0 bridgehead atoms. The van der Waals surface area contributed by atoms with Gasteiger partial charge in [0.25, 0.3) is 0 Å². The maximum absolute atomic E-state index is 5.77. The van der Waals surface area contributed by atoms with Crippen molar-refractivity contribution < 1.29 is 4.42 Å². The summed E-state index contributed by atoms with van der Waals surface area (Å²) in [4.78, 5) is 4.59. The lowest BCUT2D eigenvalue weighted by molar-refractivity contribution is 0.533. The standard InChI is InChI=1S/C14H17N3O/c1-2-9(1)14-17-12-7-10(3-4-13(12)18-14)16-11-5-6-15-8-11/h3-4,7,9,11,15-16H,1-2,5-6,8H2. The molecule has 1 aliphatic heterocycles. The van der Waals surface area contributed by atoms with E-state index in [1.165, 1.54) is 19.3 Å². The van der Waals surface area contributed by atoms with Crippen LogP contribution in [0, 0.1) is 0 Å². The van der Waals surface area contributed by atoms with Crippen molar-refractivity contribution in [2.45, 2.75) is 31.2 Å². The predicted molar refractivity (Wildman–Crippen MR) is 70.9 cm³/mol. The second-order valence-electron chi connectivity index (χ2n) is 5.34. The third-order valence-corrected chi connectivity index (χ3v) is 3.76. The number of nitrogens with zero attached hydrogens (tertiary/aromatic N) is 1. The van der Waals surface area contributed by atoms with Crippen LogP contribution in [0.1, 0.15) is 31.1 Å². The highest BCUT2D eigenvalue weighted by molar-refractivity contribution is 5.77. The number of oxazole rings is 1. The minimum Gasteiger partial charge on any atom is -0.440 e. The maximum atomic E-state index is 5.77. The molecule has 1 atom stereocenters. The molecule has 1 saturated heterocycles. The van der Waals surface area contributed by atoms with Gasteiger partial charge in [-0.3, -0.25) is 0 Å². The Kier molecular flexibility index (Phi) is 2.30. The third-order valence-electron chi connectivity index (χ3n) is 3.76. The first-order valence-electron chi connectivity index (χ1n) is 6.76. The first-order chi connectivity index (χ1) is 8.88. The van der Waals surface area contributed by atoms with Crippen LogP contribution in [0.15, 0.2) is 22.6 Å². The van der Waals surface area contributed by atoms with Gasteiger partial charge in [-0.1, -0.05) is 0 Å². The minimum atomic E-state index is 0.539. The normalized spacial score (nSPS) is 23.7. The summed E-state index contributed by atoms with van der Waals surface area (Å²) >= 11 is 0. The van der Waals surface area contributed by atoms with Crippen LogP contribution < -0.4 is 10.6 Å². The van der Waals surface area contributed by atoms with E-state index in [4.69, 9.17) is 4.42 Å². The molecule has 2 N–H and O–H groups in total. The number of rotatable bonds is 3. The molecule has 2 aliphatic rings. The van der Waals surface area contributed by atoms with Gasteiger partial charge in [0.1, 0.15) is 5.52 Å². The first-order valence-corrected chi connectivity index (χ1v) is 6.76. The van der Waals surface area contributed by atoms with Gasteiger partial charge in [-0.15, -0.1) is 0 Å². The Morgan fingerprint density at radius 1 is 1.28 bits per heavy atom. The van der Waals surface area contributed by atoms with E-state index in [9.17, 15) is 0 Å². The van der Waals surface area contributed by atoms with Gasteiger partial charge in [0.2, 0.25) is 0 Å². The second-order valence-corrected chi connectivity index (χ2v) is 5.34. The molecule has 2 heterocycles. The number of hydrogen-bond acceptors (Lipinski definition) is 4. The van der Waals surface area contributed by atoms with Crippen molar-refractivity contribution in [2.24, 2.45) is 0 Å². The summed E-state index contributed by atoms with van der Waals surface area (Å²) in [7, 11) is 0. The summed E-state index contributed by atoms with van der Waals surface area (Å²) in [6.07, 6.45) is 3.64. The molecule has 2 fully saturated rings. The molecule has 2 aromatic rings. The Hall–Kier alpha value is -1.55. The Bertz CT molecular complexity index is 567. The largest absolute Gasteiger partial charge is 0.440 e. The number of benzene rings is 1. The van der Waals surface area contributed by atoms with Gasteiger partial charge >= 0.3 is 0 Å². The van der Waals surface area contributed by atoms with E-state index >= 15 is 0 Å². The number of fused-ring (bicyclic) bond motifs is 1. The Balaban J connectivity index is 1.61. The number of aromatic nitrogens is 1. The maximum Gasteiger partial charge on any atom is 0.198 e. The van der Waals surface area contributed by atoms with Crippen molar-refractivity contribution in [1.82, 2.24) is 10.3 Å². The van der Waals surface area contributed by atoms with Crippen LogP contribution in [0.4, 0.5) is 5.69 Å². The molecule has 4 rings (SSSR count). The van der Waals surface area contributed by atoms with Crippen molar-refractivity contribution in [3.05, 3.63) is 24.1 Å². The summed E-state index contributed by atoms with van der Waals surface area (Å²) in [6.45, 7) is 2.15. The van der Waals surface area contributed by atoms with Gasteiger partial charge in [0.05, 0.1) is 0 Å². The summed E-state index contributed by atoms with van der Waals surface area (Å²) in [5, 5.41) is 6.90. The molecular weight excluding hydrogens is 226 g/mol. The van der Waals surface area contributed by atoms with Gasteiger partial charge in [-0.05, 0) is 44.0 Å². The van der Waals surface area contributed by atoms with Crippen molar-refractivity contribution in [3.63, 3.8) is 0 Å². The van der Waals surface area contributed by atoms with E-state index in [1.54, 1.807) is 0 Å². The van der Waals surface area contributed by atoms with Gasteiger partial charge in [0.15, 0.2) is 11.5 Å². The van der Waals surface area contributed by atoms with Gasteiger partial charge in [-0.25, -0.2) is 4.98 Å². The van der Waals surface area contributed by atoms with E-state index in [0.717, 1.165) is 35.8 Å². The molecule has 4 heteroatoms. The van der Waals surface area contributed by atoms with E-state index < -0.39 is 0 Å². The van der Waals surface area contributed by atoms with Crippen LogP contribution in [0.5, 0.6) is 0 Å². The minimum absolute atomic E-state index is 0.539. The predicted octanol–water partition coefficient (Wildman–Crippen LogP) is 2.48. The Morgan fingerprint density at radius 2 is 2.22 bits per heavy atom. The van der Waals surface area contributed by atoms with Crippen molar-refractivity contribution in [2.75, 3.05) is 18.4 Å². The molecule has 0 radical (unpaired) electrons. The van der Waals surface area contributed by atoms with Crippen LogP contribution in [-0.4, -0.2) is 24.1 Å². The zero-order valence-corrected chi connectivity index (χ0v) is 10.3. The Morgan fingerprint density at radius 3 is 3.00 bits per heavy atom. The van der Waals surface area contributed by atoms with Crippen LogP contribution in [0.3, 0.4) is 0 Å². The molecule has 94 valence electrons. The molecule has 1 aromatic heterocycles. The fraction of sp³-hybridized carbons (Fsp3) is 0.500. The highest BCUT2D eigenvalue weighted by atomic mass is 16.3. The van der Waals surface area contributed by atoms with Crippen LogP contribution in [0.25, 0.3) is 11.1 Å². The first kappa shape index (κ1) is 10.4. The van der Waals surface area contributed by atoms with Crippen LogP contribution in [-0.2, 0) is 0 Å². The fourth-order valence-corrected chi connectivity index (χ4v) is 2.55. The molecule has 4 nitrogen and oxygen atoms in total. The van der Waals surface area contributed by atoms with Crippen LogP contribution in [0.2, 0.25) is 0 Å². The highest BCUT2D eigenvalue weighted by Crippen LogP contribution is 2.40. The average Bonchev–Trinajstić information content (AvgIpc) is 2.95. The van der Waals surface area contributed by atoms with E-state index in [0.29, 0.717) is 12.0 Å². The number of hydrogen-bond donors (Lipinski definition) is 2. The number of anilines is 1. The second kappa shape index (κ2) is 3.99. The van der Waals surface area contributed by atoms with E-state index in [2.05, 4.69) is 27.8 Å². The highest BCUT2D eigenvalue weighted by Gasteiger charge is 2.28. The van der Waals surface area contributed by atoms with Gasteiger partial charge in [0, 0.05) is 24.2 Å². The summed E-state index contributed by atoms with van der Waals surface area (Å²) in [5.74, 6) is 1.50. The van der Waals surface area contributed by atoms with Crippen molar-refractivity contribution in [3.8, 4) is 0 Å². The summed E-state index contributed by atoms with van der Waals surface area (Å²) < 4.78 is 5.77. The lowest BCUT2D eigenvalue weighted by Crippen LogP contribution is -2.21. The molecule has 0 amide bonds.